The van der Waals surface area contributed by atoms with Gasteiger partial charge < -0.3 is 9.13 Å². The van der Waals surface area contributed by atoms with Crippen LogP contribution in [-0.4, -0.2) is 9.13 Å². The first kappa shape index (κ1) is 36.5. The maximum absolute atomic E-state index is 2.56. The quantitative estimate of drug-likeness (QED) is 0.142. The predicted molar refractivity (Wildman–Crippen MR) is 267 cm³/mol. The van der Waals surface area contributed by atoms with Crippen LogP contribution in [0.2, 0.25) is 0 Å². The topological polar surface area (TPSA) is 9.86 Å². The third-order valence-electron chi connectivity index (χ3n) is 13.9. The second-order valence-corrected chi connectivity index (χ2v) is 17.2. The Labute approximate surface area is 372 Å². The molecule has 300 valence electrons. The van der Waals surface area contributed by atoms with Crippen molar-refractivity contribution in [3.8, 4) is 33.6 Å². The van der Waals surface area contributed by atoms with Gasteiger partial charge in [-0.05, 0) is 110 Å². The summed E-state index contributed by atoms with van der Waals surface area (Å²) in [5.41, 5.74) is 19.4. The van der Waals surface area contributed by atoms with E-state index < -0.39 is 5.41 Å². The van der Waals surface area contributed by atoms with Crippen molar-refractivity contribution in [3.05, 3.63) is 276 Å². The molecule has 2 heterocycles. The Morgan fingerprint density at radius 1 is 0.312 bits per heavy atom. The van der Waals surface area contributed by atoms with E-state index in [9.17, 15) is 0 Å². The van der Waals surface area contributed by atoms with Gasteiger partial charge in [-0.1, -0.05) is 188 Å². The van der Waals surface area contributed by atoms with E-state index in [4.69, 9.17) is 0 Å². The molecule has 2 nitrogen and oxygen atoms in total. The highest BCUT2D eigenvalue weighted by Gasteiger charge is 2.38. The Morgan fingerprint density at radius 2 is 0.828 bits per heavy atom. The average Bonchev–Trinajstić information content (AvgIpc) is 4.03. The number of hydrogen-bond donors (Lipinski definition) is 0. The van der Waals surface area contributed by atoms with E-state index in [0.29, 0.717) is 0 Å². The number of para-hydroxylation sites is 2. The molecule has 2 heteroatoms. The number of benzene rings is 10. The molecular formula is C62H42N2. The highest BCUT2D eigenvalue weighted by molar-refractivity contribution is 6.14. The second-order valence-electron chi connectivity index (χ2n) is 17.2. The lowest BCUT2D eigenvalue weighted by molar-refractivity contribution is 0.744. The monoisotopic (exact) mass is 814 g/mol. The van der Waals surface area contributed by atoms with Crippen molar-refractivity contribution >= 4 is 43.6 Å². The third-order valence-corrected chi connectivity index (χ3v) is 13.9. The van der Waals surface area contributed by atoms with Crippen molar-refractivity contribution in [1.29, 1.82) is 0 Å². The van der Waals surface area contributed by atoms with Crippen molar-refractivity contribution in [2.24, 2.45) is 0 Å². The summed E-state index contributed by atoms with van der Waals surface area (Å²) in [6.45, 7) is 0. The Bertz CT molecular complexity index is 3630. The lowest BCUT2D eigenvalue weighted by Gasteiger charge is -2.37. The third kappa shape index (κ3) is 5.39. The van der Waals surface area contributed by atoms with E-state index >= 15 is 0 Å². The predicted octanol–water partition coefficient (Wildman–Crippen LogP) is 15.5. The summed E-state index contributed by atoms with van der Waals surface area (Å²) < 4.78 is 4.95. The van der Waals surface area contributed by atoms with Gasteiger partial charge in [0.2, 0.25) is 0 Å². The second kappa shape index (κ2) is 14.4. The number of aromatic nitrogens is 2. The fraction of sp³-hybridized carbons (Fsp3) is 0.0323. The minimum absolute atomic E-state index is 0.563. The molecule has 1 aliphatic rings. The molecule has 64 heavy (non-hydrogen) atoms. The fourth-order valence-corrected chi connectivity index (χ4v) is 11.1. The summed E-state index contributed by atoms with van der Waals surface area (Å²) in [6.07, 6.45) is 0.899. The largest absolute Gasteiger partial charge is 0.309 e. The molecule has 1 aliphatic carbocycles. The van der Waals surface area contributed by atoms with Crippen molar-refractivity contribution in [2.75, 3.05) is 0 Å². The van der Waals surface area contributed by atoms with Crippen LogP contribution >= 0.6 is 0 Å². The van der Waals surface area contributed by atoms with Crippen LogP contribution < -0.4 is 0 Å². The summed E-state index contributed by atoms with van der Waals surface area (Å²) in [5, 5.41) is 5.04. The molecule has 0 saturated carbocycles. The van der Waals surface area contributed by atoms with E-state index in [-0.39, 0.29) is 0 Å². The van der Waals surface area contributed by atoms with Crippen molar-refractivity contribution in [3.63, 3.8) is 0 Å². The standard InChI is InChI=1S/C62H42N2/c1-5-19-45(20-6-1)62(46-21-7-2-8-22-46,47-23-9-3-10-24-47)48-25-17-28-50(41-48)64-60-37-33-43(39-56(60)54-35-34-52-51-29-14-13-18-44(51)40-57(52)61(54)64)42-32-36-59-55(38-42)53-30-15-16-31-58(53)63(59)49-26-11-4-12-27-49/h1-39,41H,40H2. The summed E-state index contributed by atoms with van der Waals surface area (Å²) in [6, 6.07) is 89.8. The molecule has 0 bridgehead atoms. The first-order chi connectivity index (χ1) is 31.8. The average molecular weight is 815 g/mol. The molecule has 2 aromatic heterocycles. The van der Waals surface area contributed by atoms with E-state index in [1.165, 1.54) is 105 Å². The van der Waals surface area contributed by atoms with Crippen molar-refractivity contribution in [2.45, 2.75) is 11.8 Å². The molecule has 13 rings (SSSR count). The van der Waals surface area contributed by atoms with E-state index in [0.717, 1.165) is 12.1 Å². The number of fused-ring (bicyclic) bond motifs is 10. The molecule has 0 N–H and O–H groups in total. The zero-order valence-corrected chi connectivity index (χ0v) is 35.2. The van der Waals surface area contributed by atoms with Crippen molar-refractivity contribution < 1.29 is 0 Å². The Hall–Kier alpha value is -8.20. The molecule has 0 atom stereocenters. The molecule has 0 unspecified atom stereocenters. The van der Waals surface area contributed by atoms with Crippen molar-refractivity contribution in [1.82, 2.24) is 9.13 Å². The van der Waals surface area contributed by atoms with Gasteiger partial charge >= 0.3 is 0 Å². The molecule has 0 amide bonds. The smallest absolute Gasteiger partial charge is 0.0702 e. The maximum atomic E-state index is 2.56. The molecule has 12 aromatic rings. The van der Waals surface area contributed by atoms with Gasteiger partial charge in [0, 0.05) is 39.3 Å². The molecule has 0 fully saturated rings. The lowest BCUT2D eigenvalue weighted by Crippen LogP contribution is -2.31. The van der Waals surface area contributed by atoms with Crippen LogP contribution in [0.5, 0.6) is 0 Å². The van der Waals surface area contributed by atoms with Crippen LogP contribution in [0.15, 0.2) is 243 Å². The van der Waals surface area contributed by atoms with E-state index in [1.807, 2.05) is 0 Å². The van der Waals surface area contributed by atoms with Gasteiger partial charge in [-0.3, -0.25) is 0 Å². The zero-order chi connectivity index (χ0) is 42.2. The SMILES string of the molecule is c1ccc(-n2c3ccccc3c3cc(-c4ccc5c(c4)c4ccc6c(c4n5-c4cccc(C(c5ccccc5)(c5ccccc5)c5ccccc5)c4)Cc4ccccc4-6)ccc32)cc1. The minimum atomic E-state index is -0.563. The van der Waals surface area contributed by atoms with Crippen LogP contribution in [0.3, 0.4) is 0 Å². The van der Waals surface area contributed by atoms with Crippen LogP contribution in [0, 0.1) is 0 Å². The fourth-order valence-electron chi connectivity index (χ4n) is 11.1. The Balaban J connectivity index is 1.06. The number of nitrogens with zero attached hydrogens (tertiary/aromatic N) is 2. The molecular weight excluding hydrogens is 773 g/mol. The van der Waals surface area contributed by atoms with Crippen LogP contribution in [0.1, 0.15) is 33.4 Å². The molecule has 0 spiro atoms. The first-order valence-corrected chi connectivity index (χ1v) is 22.3. The van der Waals surface area contributed by atoms with Crippen LogP contribution in [0.25, 0.3) is 77.2 Å². The summed E-state index contributed by atoms with van der Waals surface area (Å²) >= 11 is 0. The summed E-state index contributed by atoms with van der Waals surface area (Å²) in [5.74, 6) is 0. The number of rotatable bonds is 7. The molecule has 0 saturated heterocycles. The van der Waals surface area contributed by atoms with Gasteiger partial charge in [-0.2, -0.15) is 0 Å². The lowest BCUT2D eigenvalue weighted by atomic mass is 9.65. The number of hydrogen-bond acceptors (Lipinski definition) is 0. The maximum Gasteiger partial charge on any atom is 0.0702 e. The van der Waals surface area contributed by atoms with Gasteiger partial charge in [-0.15, -0.1) is 0 Å². The molecule has 0 radical (unpaired) electrons. The zero-order valence-electron chi connectivity index (χ0n) is 35.2. The van der Waals surface area contributed by atoms with Gasteiger partial charge in [0.05, 0.1) is 27.5 Å². The van der Waals surface area contributed by atoms with Gasteiger partial charge in [0.1, 0.15) is 0 Å². The van der Waals surface area contributed by atoms with Crippen LogP contribution in [-0.2, 0) is 11.8 Å². The van der Waals surface area contributed by atoms with Crippen LogP contribution in [0.4, 0.5) is 0 Å². The van der Waals surface area contributed by atoms with E-state index in [1.54, 1.807) is 0 Å². The van der Waals surface area contributed by atoms with Gasteiger partial charge in [-0.25, -0.2) is 0 Å². The first-order valence-electron chi connectivity index (χ1n) is 22.3. The normalized spacial score (nSPS) is 12.3. The van der Waals surface area contributed by atoms with Gasteiger partial charge in [0.15, 0.2) is 0 Å². The highest BCUT2D eigenvalue weighted by atomic mass is 15.0. The highest BCUT2D eigenvalue weighted by Crippen LogP contribution is 2.48. The summed E-state index contributed by atoms with van der Waals surface area (Å²) in [7, 11) is 0. The van der Waals surface area contributed by atoms with E-state index in [2.05, 4.69) is 252 Å². The summed E-state index contributed by atoms with van der Waals surface area (Å²) in [4.78, 5) is 0. The Morgan fingerprint density at radius 3 is 1.50 bits per heavy atom. The molecule has 0 aliphatic heterocycles. The minimum Gasteiger partial charge on any atom is -0.309 e. The Kier molecular flexibility index (Phi) is 8.23. The van der Waals surface area contributed by atoms with Gasteiger partial charge in [0.25, 0.3) is 0 Å². The molecule has 10 aromatic carbocycles.